The Bertz CT molecular complexity index is 838. The largest absolute Gasteiger partial charge is 0.369 e. The van der Waals surface area contributed by atoms with Crippen molar-refractivity contribution in [1.82, 2.24) is 9.62 Å². The standard InChI is InChI=1S/C14H26N2O.C11H13Cl2NOS/c1-4-10-5-9-6-11(12(10)16-3)8-14(2,7-9)13(15)17;1-11(2,7-15)14(3)16-9-6-4-5-8(12)10(9)13/h9-12,16H,4-8H2,1-3H3,(H2,15,17);4-7H,1-3H3. The second-order valence-electron chi connectivity index (χ2n) is 10.3. The Morgan fingerprint density at radius 2 is 2.00 bits per heavy atom. The molecule has 0 saturated heterocycles. The smallest absolute Gasteiger partial charge is 0.223 e. The fourth-order valence-electron chi connectivity index (χ4n) is 5.29. The number of nitrogens with zero attached hydrogens (tertiary/aromatic N) is 1. The van der Waals surface area contributed by atoms with Gasteiger partial charge in [-0.05, 0) is 95.5 Å². The van der Waals surface area contributed by atoms with Crippen LogP contribution in [-0.4, -0.2) is 42.2 Å². The molecule has 3 rings (SSSR count). The molecule has 0 aliphatic heterocycles. The molecule has 0 radical (unpaired) electrons. The molecule has 0 heterocycles. The third kappa shape index (κ3) is 6.88. The highest BCUT2D eigenvalue weighted by Gasteiger charge is 2.48. The van der Waals surface area contributed by atoms with Gasteiger partial charge in [0, 0.05) is 16.4 Å². The Morgan fingerprint density at radius 1 is 1.33 bits per heavy atom. The van der Waals surface area contributed by atoms with Crippen LogP contribution in [0.2, 0.25) is 10.0 Å². The average molecular weight is 517 g/mol. The summed E-state index contributed by atoms with van der Waals surface area (Å²) in [5, 5.41) is 4.52. The number of carbonyl (C=O) groups excluding carboxylic acids is 2. The number of likely N-dealkylation sites (N-methyl/N-ethyl adjacent to an activating group) is 1. The normalized spacial score (nSPS) is 29.2. The summed E-state index contributed by atoms with van der Waals surface area (Å²) in [6.45, 7) is 8.02. The molecule has 1 aromatic carbocycles. The third-order valence-electron chi connectivity index (χ3n) is 7.44. The van der Waals surface area contributed by atoms with Crippen LogP contribution in [-0.2, 0) is 9.59 Å². The first-order chi connectivity index (χ1) is 15.4. The van der Waals surface area contributed by atoms with E-state index in [2.05, 4.69) is 26.2 Å². The topological polar surface area (TPSA) is 75.4 Å². The summed E-state index contributed by atoms with van der Waals surface area (Å²) >= 11 is 13.4. The maximum Gasteiger partial charge on any atom is 0.223 e. The van der Waals surface area contributed by atoms with E-state index in [1.165, 1.54) is 31.2 Å². The number of carbonyl (C=O) groups is 2. The van der Waals surface area contributed by atoms with Crippen LogP contribution in [0.15, 0.2) is 23.1 Å². The van der Waals surface area contributed by atoms with Crippen LogP contribution in [0.3, 0.4) is 0 Å². The van der Waals surface area contributed by atoms with E-state index in [1.54, 1.807) is 6.07 Å². The van der Waals surface area contributed by atoms with Crippen LogP contribution >= 0.6 is 35.1 Å². The number of aldehydes is 1. The Morgan fingerprint density at radius 3 is 2.55 bits per heavy atom. The van der Waals surface area contributed by atoms with Crippen LogP contribution in [0.25, 0.3) is 0 Å². The molecule has 2 bridgehead atoms. The minimum absolute atomic E-state index is 0.1000. The molecule has 5 nitrogen and oxygen atoms in total. The molecule has 8 heteroatoms. The number of nitrogens with one attached hydrogen (secondary N) is 1. The number of hydrogen-bond acceptors (Lipinski definition) is 5. The molecule has 0 aromatic heterocycles. The Kier molecular flexibility index (Phi) is 10.1. The molecule has 2 fully saturated rings. The number of benzene rings is 1. The van der Waals surface area contributed by atoms with Gasteiger partial charge in [0.05, 0.1) is 15.6 Å². The predicted octanol–water partition coefficient (Wildman–Crippen LogP) is 5.82. The Labute approximate surface area is 213 Å². The van der Waals surface area contributed by atoms with Gasteiger partial charge in [0.1, 0.15) is 6.29 Å². The fraction of sp³-hybridized carbons (Fsp3) is 0.680. The van der Waals surface area contributed by atoms with E-state index in [0.29, 0.717) is 27.9 Å². The number of hydrogen-bond donors (Lipinski definition) is 2. The molecular formula is C25H39Cl2N3O2S. The second-order valence-corrected chi connectivity index (χ2v) is 12.3. The van der Waals surface area contributed by atoms with Gasteiger partial charge in [0.15, 0.2) is 0 Å². The van der Waals surface area contributed by atoms with Crippen molar-refractivity contribution in [3.05, 3.63) is 28.2 Å². The van der Waals surface area contributed by atoms with Gasteiger partial charge in [0.2, 0.25) is 5.91 Å². The monoisotopic (exact) mass is 515 g/mol. The quantitative estimate of drug-likeness (QED) is 0.353. The van der Waals surface area contributed by atoms with Crippen molar-refractivity contribution in [2.45, 2.75) is 76.3 Å². The van der Waals surface area contributed by atoms with Crippen molar-refractivity contribution in [1.29, 1.82) is 0 Å². The van der Waals surface area contributed by atoms with Gasteiger partial charge in [-0.2, -0.15) is 0 Å². The third-order valence-corrected chi connectivity index (χ3v) is 9.66. The molecule has 2 aliphatic carbocycles. The number of nitrogens with two attached hydrogens (primary N) is 1. The number of halogens is 2. The number of rotatable bonds is 7. The van der Waals surface area contributed by atoms with Gasteiger partial charge in [-0.3, -0.25) is 4.79 Å². The van der Waals surface area contributed by atoms with Crippen molar-refractivity contribution in [2.75, 3.05) is 14.1 Å². The summed E-state index contributed by atoms with van der Waals surface area (Å²) in [6, 6.07) is 6.02. The highest BCUT2D eigenvalue weighted by atomic mass is 35.5. The number of fused-ring (bicyclic) bond motifs is 2. The Balaban J connectivity index is 0.000000234. The Hall–Kier alpha value is -0.790. The first-order valence-corrected chi connectivity index (χ1v) is 13.2. The molecule has 0 spiro atoms. The summed E-state index contributed by atoms with van der Waals surface area (Å²) in [6.07, 6.45) is 6.67. The first-order valence-electron chi connectivity index (χ1n) is 11.7. The van der Waals surface area contributed by atoms with Crippen LogP contribution < -0.4 is 11.1 Å². The zero-order chi connectivity index (χ0) is 25.0. The van der Waals surface area contributed by atoms with Crippen molar-refractivity contribution in [2.24, 2.45) is 28.9 Å². The summed E-state index contributed by atoms with van der Waals surface area (Å²) in [7, 11) is 3.90. The average Bonchev–Trinajstić information content (AvgIpc) is 2.76. The summed E-state index contributed by atoms with van der Waals surface area (Å²) in [4.78, 5) is 23.4. The second kappa shape index (κ2) is 11.8. The SMILES string of the molecule is CCC1CC2CC(CC(C)(C(N)=O)C2)C1NC.CN(Sc1cccc(Cl)c1Cl)C(C)(C)C=O. The van der Waals surface area contributed by atoms with Crippen LogP contribution in [0.4, 0.5) is 0 Å². The van der Waals surface area contributed by atoms with Crippen LogP contribution in [0, 0.1) is 23.2 Å². The lowest BCUT2D eigenvalue weighted by molar-refractivity contribution is -0.132. The van der Waals surface area contributed by atoms with Crippen LogP contribution in [0.5, 0.6) is 0 Å². The van der Waals surface area contributed by atoms with E-state index >= 15 is 0 Å². The molecule has 33 heavy (non-hydrogen) atoms. The van der Waals surface area contributed by atoms with E-state index in [0.717, 1.165) is 29.9 Å². The van der Waals surface area contributed by atoms with E-state index < -0.39 is 5.54 Å². The maximum absolute atomic E-state index is 11.7. The number of amides is 1. The molecule has 3 N–H and O–H groups in total. The van der Waals surface area contributed by atoms with E-state index in [9.17, 15) is 9.59 Å². The van der Waals surface area contributed by atoms with Gasteiger partial charge in [0.25, 0.3) is 0 Å². The van der Waals surface area contributed by atoms with E-state index in [-0.39, 0.29) is 11.3 Å². The van der Waals surface area contributed by atoms with E-state index in [1.807, 2.05) is 37.3 Å². The fourth-order valence-corrected chi connectivity index (χ4v) is 6.66. The maximum atomic E-state index is 11.7. The van der Waals surface area contributed by atoms with Crippen LogP contribution in [0.1, 0.15) is 59.8 Å². The van der Waals surface area contributed by atoms with Crippen molar-refractivity contribution in [3.63, 3.8) is 0 Å². The molecule has 1 aromatic rings. The van der Waals surface area contributed by atoms with Gasteiger partial charge in [-0.25, -0.2) is 4.31 Å². The predicted molar refractivity (Wildman–Crippen MR) is 140 cm³/mol. The zero-order valence-corrected chi connectivity index (χ0v) is 23.0. The lowest BCUT2D eigenvalue weighted by Crippen LogP contribution is -2.53. The molecule has 2 aliphatic rings. The van der Waals surface area contributed by atoms with Gasteiger partial charge in [-0.15, -0.1) is 0 Å². The summed E-state index contributed by atoms with van der Waals surface area (Å²) in [5.41, 5.74) is 4.79. The lowest BCUT2D eigenvalue weighted by Gasteiger charge is -2.50. The molecule has 5 unspecified atom stereocenters. The van der Waals surface area contributed by atoms with Crippen molar-refractivity contribution >= 4 is 47.3 Å². The minimum atomic E-state index is -0.545. The van der Waals surface area contributed by atoms with Crippen molar-refractivity contribution < 1.29 is 9.59 Å². The van der Waals surface area contributed by atoms with Gasteiger partial charge < -0.3 is 15.8 Å². The highest BCUT2D eigenvalue weighted by Crippen LogP contribution is 2.50. The highest BCUT2D eigenvalue weighted by molar-refractivity contribution is 7.97. The summed E-state index contributed by atoms with van der Waals surface area (Å²) < 4.78 is 1.84. The minimum Gasteiger partial charge on any atom is -0.369 e. The van der Waals surface area contributed by atoms with Crippen molar-refractivity contribution in [3.8, 4) is 0 Å². The zero-order valence-electron chi connectivity index (χ0n) is 20.7. The molecule has 1 amide bonds. The van der Waals surface area contributed by atoms with Gasteiger partial charge in [-0.1, -0.05) is 49.5 Å². The molecule has 5 atom stereocenters. The molecule has 2 saturated carbocycles. The van der Waals surface area contributed by atoms with E-state index in [4.69, 9.17) is 28.9 Å². The van der Waals surface area contributed by atoms with Gasteiger partial charge >= 0.3 is 0 Å². The molecular weight excluding hydrogens is 477 g/mol. The number of primary amides is 1. The lowest BCUT2D eigenvalue weighted by atomic mass is 9.57. The molecule has 186 valence electrons. The first kappa shape index (κ1) is 28.4. The summed E-state index contributed by atoms with van der Waals surface area (Å²) in [5.74, 6) is 2.02.